The molecule has 18 heavy (non-hydrogen) atoms. The quantitative estimate of drug-likeness (QED) is 0.911. The molecule has 0 spiro atoms. The number of nitrogens with zero attached hydrogens (tertiary/aromatic N) is 1. The van der Waals surface area contributed by atoms with Gasteiger partial charge in [0.1, 0.15) is 5.75 Å². The molecule has 3 nitrogen and oxygen atoms in total. The van der Waals surface area contributed by atoms with Gasteiger partial charge in [-0.3, -0.25) is 4.99 Å². The zero-order chi connectivity index (χ0) is 13.0. The maximum absolute atomic E-state index is 5.21. The van der Waals surface area contributed by atoms with Crippen LogP contribution in [0.1, 0.15) is 25.8 Å². The second kappa shape index (κ2) is 6.14. The third-order valence-corrected chi connectivity index (χ3v) is 3.97. The molecule has 1 saturated heterocycles. The van der Waals surface area contributed by atoms with Crippen LogP contribution in [0.4, 0.5) is 0 Å². The normalized spacial score (nSPS) is 25.8. The lowest BCUT2D eigenvalue weighted by Crippen LogP contribution is -2.38. The van der Waals surface area contributed by atoms with Gasteiger partial charge in [0.25, 0.3) is 0 Å². The molecule has 1 N–H and O–H groups in total. The molecule has 2 rings (SSSR count). The molecule has 0 bridgehead atoms. The summed E-state index contributed by atoms with van der Waals surface area (Å²) in [6, 6.07) is 8.58. The van der Waals surface area contributed by atoms with Crippen LogP contribution < -0.4 is 10.1 Å². The standard InChI is InChI=1S/C14H20N2OS/c1-10-7-11(2)18-14(16-10)15-9-12-5-4-6-13(8-12)17-3/h4-6,8,10-11H,7,9H2,1-3H3,(H,15,16). The van der Waals surface area contributed by atoms with Crippen LogP contribution in [0.15, 0.2) is 29.3 Å². The molecule has 0 amide bonds. The van der Waals surface area contributed by atoms with Gasteiger partial charge in [-0.1, -0.05) is 30.8 Å². The van der Waals surface area contributed by atoms with Crippen LogP contribution in [-0.2, 0) is 6.54 Å². The second-order valence-electron chi connectivity index (χ2n) is 4.68. The highest BCUT2D eigenvalue weighted by atomic mass is 32.2. The van der Waals surface area contributed by atoms with E-state index in [9.17, 15) is 0 Å². The smallest absolute Gasteiger partial charge is 0.157 e. The summed E-state index contributed by atoms with van der Waals surface area (Å²) in [6.45, 7) is 5.16. The number of ether oxygens (including phenoxy) is 1. The maximum Gasteiger partial charge on any atom is 0.157 e. The van der Waals surface area contributed by atoms with Crippen molar-refractivity contribution < 1.29 is 4.74 Å². The Hall–Kier alpha value is -1.16. The van der Waals surface area contributed by atoms with Gasteiger partial charge in [-0.05, 0) is 31.0 Å². The van der Waals surface area contributed by atoms with E-state index in [2.05, 4.69) is 30.2 Å². The summed E-state index contributed by atoms with van der Waals surface area (Å²) in [5.74, 6) is 0.888. The average molecular weight is 264 g/mol. The van der Waals surface area contributed by atoms with Gasteiger partial charge in [0.2, 0.25) is 0 Å². The summed E-state index contributed by atoms with van der Waals surface area (Å²) in [6.07, 6.45) is 1.20. The number of methoxy groups -OCH3 is 1. The van der Waals surface area contributed by atoms with Gasteiger partial charge in [0.05, 0.1) is 13.7 Å². The monoisotopic (exact) mass is 264 g/mol. The minimum Gasteiger partial charge on any atom is -0.497 e. The molecule has 0 aliphatic carbocycles. The molecule has 0 radical (unpaired) electrons. The van der Waals surface area contributed by atoms with Gasteiger partial charge in [-0.15, -0.1) is 0 Å². The van der Waals surface area contributed by atoms with Crippen LogP contribution in [0.3, 0.4) is 0 Å². The van der Waals surface area contributed by atoms with E-state index in [4.69, 9.17) is 4.74 Å². The van der Waals surface area contributed by atoms with Crippen LogP contribution in [-0.4, -0.2) is 23.6 Å². The molecular weight excluding hydrogens is 244 g/mol. The Kier molecular flexibility index (Phi) is 4.53. The maximum atomic E-state index is 5.21. The van der Waals surface area contributed by atoms with Crippen LogP contribution in [0.5, 0.6) is 5.75 Å². The number of aliphatic imine (C=N–C) groups is 1. The Bertz CT molecular complexity index is 422. The fourth-order valence-corrected chi connectivity index (χ4v) is 3.23. The van der Waals surface area contributed by atoms with E-state index in [0.717, 1.165) is 10.9 Å². The number of benzene rings is 1. The fraction of sp³-hybridized carbons (Fsp3) is 0.500. The molecule has 2 unspecified atom stereocenters. The lowest BCUT2D eigenvalue weighted by atomic mass is 10.2. The fourth-order valence-electron chi connectivity index (χ4n) is 2.06. The Morgan fingerprint density at radius 1 is 1.44 bits per heavy atom. The first kappa shape index (κ1) is 13.3. The minimum absolute atomic E-state index is 0.519. The summed E-state index contributed by atoms with van der Waals surface area (Å²) < 4.78 is 5.21. The average Bonchev–Trinajstić information content (AvgIpc) is 2.35. The number of thioether (sulfide) groups is 1. The molecule has 1 heterocycles. The zero-order valence-electron chi connectivity index (χ0n) is 11.1. The summed E-state index contributed by atoms with van der Waals surface area (Å²) >= 11 is 1.83. The largest absolute Gasteiger partial charge is 0.497 e. The molecule has 98 valence electrons. The molecule has 1 aromatic rings. The predicted molar refractivity (Wildman–Crippen MR) is 78.4 cm³/mol. The molecular formula is C14H20N2OS. The molecule has 0 saturated carbocycles. The van der Waals surface area contributed by atoms with E-state index in [1.165, 1.54) is 12.0 Å². The number of rotatable bonds is 3. The van der Waals surface area contributed by atoms with Crippen LogP contribution in [0.2, 0.25) is 0 Å². The molecule has 1 aromatic carbocycles. The van der Waals surface area contributed by atoms with Crippen LogP contribution in [0, 0.1) is 0 Å². The minimum atomic E-state index is 0.519. The number of amidine groups is 1. The van der Waals surface area contributed by atoms with Crippen molar-refractivity contribution in [1.82, 2.24) is 5.32 Å². The van der Waals surface area contributed by atoms with Gasteiger partial charge in [0, 0.05) is 11.3 Å². The van der Waals surface area contributed by atoms with Gasteiger partial charge in [-0.25, -0.2) is 0 Å². The molecule has 1 fully saturated rings. The highest BCUT2D eigenvalue weighted by Gasteiger charge is 2.19. The first-order chi connectivity index (χ1) is 8.67. The van der Waals surface area contributed by atoms with Crippen LogP contribution in [0.25, 0.3) is 0 Å². The lowest BCUT2D eigenvalue weighted by Gasteiger charge is -2.26. The summed E-state index contributed by atoms with van der Waals surface area (Å²) in [7, 11) is 1.69. The van der Waals surface area contributed by atoms with Crippen molar-refractivity contribution in [3.63, 3.8) is 0 Å². The van der Waals surface area contributed by atoms with Gasteiger partial charge < -0.3 is 10.1 Å². The van der Waals surface area contributed by atoms with Crippen molar-refractivity contribution >= 4 is 16.9 Å². The van der Waals surface area contributed by atoms with Crippen molar-refractivity contribution in [2.75, 3.05) is 7.11 Å². The topological polar surface area (TPSA) is 33.6 Å². The van der Waals surface area contributed by atoms with Gasteiger partial charge in [-0.2, -0.15) is 0 Å². The van der Waals surface area contributed by atoms with Crippen molar-refractivity contribution in [2.45, 2.75) is 38.1 Å². The third-order valence-electron chi connectivity index (χ3n) is 2.91. The van der Waals surface area contributed by atoms with Gasteiger partial charge >= 0.3 is 0 Å². The van der Waals surface area contributed by atoms with E-state index >= 15 is 0 Å². The summed E-state index contributed by atoms with van der Waals surface area (Å²) in [4.78, 5) is 4.64. The molecule has 1 aliphatic rings. The second-order valence-corrected chi connectivity index (χ2v) is 6.11. The Labute approximate surface area is 113 Å². The van der Waals surface area contributed by atoms with Gasteiger partial charge in [0.15, 0.2) is 5.17 Å². The van der Waals surface area contributed by atoms with Crippen molar-refractivity contribution in [1.29, 1.82) is 0 Å². The van der Waals surface area contributed by atoms with E-state index in [0.29, 0.717) is 17.8 Å². The first-order valence-electron chi connectivity index (χ1n) is 6.28. The molecule has 4 heteroatoms. The number of hydrogen-bond acceptors (Lipinski definition) is 3. The first-order valence-corrected chi connectivity index (χ1v) is 7.16. The highest BCUT2D eigenvalue weighted by molar-refractivity contribution is 8.14. The Balaban J connectivity index is 2.00. The predicted octanol–water partition coefficient (Wildman–Crippen LogP) is 3.05. The van der Waals surface area contributed by atoms with Crippen molar-refractivity contribution in [3.8, 4) is 5.75 Å². The Morgan fingerprint density at radius 3 is 3.00 bits per heavy atom. The SMILES string of the molecule is COc1cccc(CN=C2NC(C)CC(C)S2)c1. The third kappa shape index (κ3) is 3.67. The number of hydrogen-bond donors (Lipinski definition) is 1. The van der Waals surface area contributed by atoms with E-state index < -0.39 is 0 Å². The van der Waals surface area contributed by atoms with E-state index in [-0.39, 0.29) is 0 Å². The van der Waals surface area contributed by atoms with Crippen molar-refractivity contribution in [2.24, 2.45) is 4.99 Å². The van der Waals surface area contributed by atoms with E-state index in [1.54, 1.807) is 7.11 Å². The molecule has 2 atom stereocenters. The Morgan fingerprint density at radius 2 is 2.28 bits per heavy atom. The van der Waals surface area contributed by atoms with Crippen molar-refractivity contribution in [3.05, 3.63) is 29.8 Å². The summed E-state index contributed by atoms with van der Waals surface area (Å²) in [5, 5.41) is 5.13. The zero-order valence-corrected chi connectivity index (χ0v) is 12.0. The van der Waals surface area contributed by atoms with E-state index in [1.807, 2.05) is 30.0 Å². The number of nitrogens with one attached hydrogen (secondary N) is 1. The highest BCUT2D eigenvalue weighted by Crippen LogP contribution is 2.23. The molecule has 0 aromatic heterocycles. The van der Waals surface area contributed by atoms with Crippen LogP contribution >= 0.6 is 11.8 Å². The molecule has 1 aliphatic heterocycles. The summed E-state index contributed by atoms with van der Waals surface area (Å²) in [5.41, 5.74) is 1.18. The lowest BCUT2D eigenvalue weighted by molar-refractivity contribution is 0.414.